The number of ether oxygens (including phenoxy) is 2. The quantitative estimate of drug-likeness (QED) is 0.459. The van der Waals surface area contributed by atoms with Crippen molar-refractivity contribution in [3.8, 4) is 0 Å². The summed E-state index contributed by atoms with van der Waals surface area (Å²) < 4.78 is 35.2. The van der Waals surface area contributed by atoms with Crippen LogP contribution >= 0.6 is 0 Å². The van der Waals surface area contributed by atoms with Gasteiger partial charge in [-0.25, -0.2) is 8.78 Å². The van der Waals surface area contributed by atoms with Gasteiger partial charge in [-0.2, -0.15) is 0 Å². The van der Waals surface area contributed by atoms with Crippen LogP contribution in [-0.2, 0) is 9.47 Å². The molecule has 2 aliphatic heterocycles. The van der Waals surface area contributed by atoms with Crippen molar-refractivity contribution in [2.45, 2.75) is 36.8 Å². The van der Waals surface area contributed by atoms with Gasteiger partial charge in [-0.1, -0.05) is 0 Å². The first-order valence-corrected chi connectivity index (χ1v) is 3.38. The van der Waals surface area contributed by atoms with E-state index in [-0.39, 0.29) is 12.2 Å². The van der Waals surface area contributed by atoms with Gasteiger partial charge >= 0.3 is 0 Å². The number of hydrogen-bond donors (Lipinski definition) is 0. The Kier molecular flexibility index (Phi) is 0.738. The van der Waals surface area contributed by atoms with Crippen LogP contribution in [0.25, 0.3) is 0 Å². The second-order valence-electron chi connectivity index (χ2n) is 3.02. The zero-order chi connectivity index (χ0) is 6.88. The molecule has 0 unspecified atom stereocenters. The van der Waals surface area contributed by atoms with Gasteiger partial charge in [-0.15, -0.1) is 0 Å². The van der Waals surface area contributed by atoms with Crippen molar-refractivity contribution in [1.82, 2.24) is 0 Å². The normalized spacial score (nSPS) is 70.2. The number of fused-ring (bicyclic) bond motifs is 3. The van der Waals surface area contributed by atoms with Crippen LogP contribution in [0.15, 0.2) is 0 Å². The maximum atomic E-state index is 12.7. The van der Waals surface area contributed by atoms with E-state index in [1.807, 2.05) is 0 Å². The van der Waals surface area contributed by atoms with E-state index in [1.54, 1.807) is 0 Å². The summed E-state index contributed by atoms with van der Waals surface area (Å²) in [5.74, 6) is 0. The van der Waals surface area contributed by atoms with E-state index >= 15 is 0 Å². The van der Waals surface area contributed by atoms with E-state index in [2.05, 4.69) is 0 Å². The summed E-state index contributed by atoms with van der Waals surface area (Å²) in [7, 11) is 0. The molecule has 6 atom stereocenters. The molecule has 0 aromatic carbocycles. The van der Waals surface area contributed by atoms with E-state index < -0.39 is 24.6 Å². The van der Waals surface area contributed by atoms with Gasteiger partial charge < -0.3 is 9.47 Å². The summed E-state index contributed by atoms with van der Waals surface area (Å²) in [6.07, 6.45) is -4.17. The van der Waals surface area contributed by atoms with Gasteiger partial charge in [0.25, 0.3) is 0 Å². The molecule has 3 rings (SSSR count). The molecule has 0 aromatic rings. The van der Waals surface area contributed by atoms with Crippen LogP contribution in [0.4, 0.5) is 8.78 Å². The highest BCUT2D eigenvalue weighted by Crippen LogP contribution is 2.50. The van der Waals surface area contributed by atoms with Crippen LogP contribution in [0.2, 0.25) is 0 Å². The van der Waals surface area contributed by atoms with Crippen molar-refractivity contribution in [2.24, 2.45) is 0 Å². The smallest absolute Gasteiger partial charge is 0.162 e. The van der Waals surface area contributed by atoms with Gasteiger partial charge in [0.05, 0.1) is 0 Å². The summed E-state index contributed by atoms with van der Waals surface area (Å²) in [4.78, 5) is 0. The lowest BCUT2D eigenvalue weighted by molar-refractivity contribution is 0.108. The largest absolute Gasteiger partial charge is 0.363 e. The van der Waals surface area contributed by atoms with Crippen molar-refractivity contribution in [3.63, 3.8) is 0 Å². The van der Waals surface area contributed by atoms with Crippen molar-refractivity contribution >= 4 is 0 Å². The van der Waals surface area contributed by atoms with Crippen LogP contribution in [0.1, 0.15) is 0 Å². The Bertz CT molecular complexity index is 167. The number of epoxide rings is 2. The summed E-state index contributed by atoms with van der Waals surface area (Å²) in [6, 6.07) is 0. The fourth-order valence-corrected chi connectivity index (χ4v) is 1.68. The van der Waals surface area contributed by atoms with Crippen molar-refractivity contribution in [1.29, 1.82) is 0 Å². The third-order valence-electron chi connectivity index (χ3n) is 2.38. The third kappa shape index (κ3) is 0.463. The minimum Gasteiger partial charge on any atom is -0.363 e. The number of rotatable bonds is 0. The molecule has 0 amide bonds. The average molecular weight is 148 g/mol. The molecule has 1 saturated carbocycles. The monoisotopic (exact) mass is 148 g/mol. The van der Waals surface area contributed by atoms with Gasteiger partial charge in [0.1, 0.15) is 24.4 Å². The van der Waals surface area contributed by atoms with E-state index in [4.69, 9.17) is 9.47 Å². The number of halogens is 2. The summed E-state index contributed by atoms with van der Waals surface area (Å²) in [5.41, 5.74) is 0. The molecule has 56 valence electrons. The highest BCUT2D eigenvalue weighted by molar-refractivity contribution is 5.16. The minimum atomic E-state index is -1.45. The van der Waals surface area contributed by atoms with Crippen LogP contribution in [-0.4, -0.2) is 36.8 Å². The lowest BCUT2D eigenvalue weighted by Crippen LogP contribution is -2.35. The predicted octanol–water partition coefficient (Wildman–Crippen LogP) is 0.211. The molecular weight excluding hydrogens is 142 g/mol. The fraction of sp³-hybridized carbons (Fsp3) is 1.00. The SMILES string of the molecule is F[C@@H]1[C@H](F)[C@H]2O[C@H]2[C@H]2O[C@@H]12. The summed E-state index contributed by atoms with van der Waals surface area (Å²) in [5, 5.41) is 0. The van der Waals surface area contributed by atoms with Gasteiger partial charge in [-0.3, -0.25) is 0 Å². The molecule has 0 spiro atoms. The Morgan fingerprint density at radius 3 is 1.50 bits per heavy atom. The lowest BCUT2D eigenvalue weighted by Gasteiger charge is -2.10. The zero-order valence-electron chi connectivity index (χ0n) is 5.04. The number of hydrogen-bond acceptors (Lipinski definition) is 2. The molecule has 10 heavy (non-hydrogen) atoms. The average Bonchev–Trinajstić information content (AvgIpc) is 2.71. The molecule has 2 saturated heterocycles. The summed E-state index contributed by atoms with van der Waals surface area (Å²) in [6.45, 7) is 0. The van der Waals surface area contributed by atoms with Gasteiger partial charge in [0.2, 0.25) is 0 Å². The molecular formula is C6H6F2O2. The van der Waals surface area contributed by atoms with Crippen molar-refractivity contribution in [2.75, 3.05) is 0 Å². The van der Waals surface area contributed by atoms with Crippen molar-refractivity contribution < 1.29 is 18.3 Å². The summed E-state index contributed by atoms with van der Waals surface area (Å²) >= 11 is 0. The Morgan fingerprint density at radius 2 is 1.10 bits per heavy atom. The molecule has 2 heterocycles. The molecule has 0 N–H and O–H groups in total. The predicted molar refractivity (Wildman–Crippen MR) is 27.1 cm³/mol. The molecule has 0 aromatic heterocycles. The maximum absolute atomic E-state index is 12.7. The standard InChI is InChI=1S/C6H6F2O2/c7-1-2(8)4-6(10-4)5-3(1)9-5/h1-6H/t1-,2+,3+,4-,5+,6-. The van der Waals surface area contributed by atoms with Gasteiger partial charge in [0.15, 0.2) is 12.3 Å². The Morgan fingerprint density at radius 1 is 0.700 bits per heavy atom. The second kappa shape index (κ2) is 1.36. The third-order valence-corrected chi connectivity index (χ3v) is 2.38. The molecule has 2 nitrogen and oxygen atoms in total. The lowest BCUT2D eigenvalue weighted by atomic mass is 9.97. The highest BCUT2D eigenvalue weighted by atomic mass is 19.2. The first kappa shape index (κ1) is 5.43. The minimum absolute atomic E-state index is 0.132. The zero-order valence-corrected chi connectivity index (χ0v) is 5.04. The first-order valence-electron chi connectivity index (χ1n) is 3.38. The maximum Gasteiger partial charge on any atom is 0.162 e. The molecule has 4 heteroatoms. The van der Waals surface area contributed by atoms with Gasteiger partial charge in [0, 0.05) is 0 Å². The van der Waals surface area contributed by atoms with Crippen molar-refractivity contribution in [3.05, 3.63) is 0 Å². The van der Waals surface area contributed by atoms with E-state index in [0.717, 1.165) is 0 Å². The second-order valence-corrected chi connectivity index (χ2v) is 3.02. The van der Waals surface area contributed by atoms with Crippen LogP contribution < -0.4 is 0 Å². The molecule has 0 bridgehead atoms. The topological polar surface area (TPSA) is 25.1 Å². The molecule has 0 radical (unpaired) electrons. The molecule has 3 fully saturated rings. The Hall–Kier alpha value is -0.220. The van der Waals surface area contributed by atoms with E-state index in [1.165, 1.54) is 0 Å². The van der Waals surface area contributed by atoms with Gasteiger partial charge in [-0.05, 0) is 0 Å². The Labute approximate surface area is 56.1 Å². The van der Waals surface area contributed by atoms with Crippen LogP contribution in [0.5, 0.6) is 0 Å². The first-order chi connectivity index (χ1) is 4.79. The highest BCUT2D eigenvalue weighted by Gasteiger charge is 2.70. The Balaban J connectivity index is 1.89. The molecule has 1 aliphatic carbocycles. The fourth-order valence-electron chi connectivity index (χ4n) is 1.68. The van der Waals surface area contributed by atoms with Crippen LogP contribution in [0, 0.1) is 0 Å². The van der Waals surface area contributed by atoms with E-state index in [0.29, 0.717) is 0 Å². The van der Waals surface area contributed by atoms with E-state index in [9.17, 15) is 8.78 Å². The number of alkyl halides is 2. The van der Waals surface area contributed by atoms with Crippen LogP contribution in [0.3, 0.4) is 0 Å². The molecule has 3 aliphatic rings.